The Bertz CT molecular complexity index is 336. The molecule has 2 aliphatic carbocycles. The second kappa shape index (κ2) is 6.01. The Kier molecular flexibility index (Phi) is 4.78. The summed E-state index contributed by atoms with van der Waals surface area (Å²) in [7, 11) is 0. The fourth-order valence-corrected chi connectivity index (χ4v) is 4.34. The number of nitrogens with zero attached hydrogens (tertiary/aromatic N) is 1. The highest BCUT2D eigenvalue weighted by Gasteiger charge is 2.41. The molecule has 0 aromatic carbocycles. The highest BCUT2D eigenvalue weighted by molar-refractivity contribution is 5.85. The van der Waals surface area contributed by atoms with Crippen molar-refractivity contribution in [2.24, 2.45) is 17.8 Å². The summed E-state index contributed by atoms with van der Waals surface area (Å²) in [6.07, 6.45) is 6.36. The number of halogens is 1. The molecule has 3 rings (SSSR count). The minimum absolute atomic E-state index is 0. The van der Waals surface area contributed by atoms with Crippen LogP contribution in [0.3, 0.4) is 0 Å². The lowest BCUT2D eigenvalue weighted by Gasteiger charge is -2.38. The molecule has 1 saturated heterocycles. The SMILES string of the molecule is CC1CN(C(=O)CC2CC3CCC2C3)C(C)CN1.Cl. The van der Waals surface area contributed by atoms with Gasteiger partial charge in [-0.1, -0.05) is 6.42 Å². The van der Waals surface area contributed by atoms with Crippen molar-refractivity contribution in [3.8, 4) is 0 Å². The summed E-state index contributed by atoms with van der Waals surface area (Å²) in [4.78, 5) is 14.6. The average Bonchev–Trinajstić information content (AvgIpc) is 2.94. The van der Waals surface area contributed by atoms with E-state index in [1.54, 1.807) is 0 Å². The largest absolute Gasteiger partial charge is 0.337 e. The molecule has 2 saturated carbocycles. The first kappa shape index (κ1) is 15.1. The number of hydrogen-bond donors (Lipinski definition) is 1. The van der Waals surface area contributed by atoms with Gasteiger partial charge in [0, 0.05) is 31.6 Å². The Morgan fingerprint density at radius 2 is 2.05 bits per heavy atom. The van der Waals surface area contributed by atoms with Crippen LogP contribution in [0, 0.1) is 17.8 Å². The molecule has 19 heavy (non-hydrogen) atoms. The van der Waals surface area contributed by atoms with Crippen LogP contribution < -0.4 is 5.32 Å². The van der Waals surface area contributed by atoms with E-state index in [0.29, 0.717) is 23.9 Å². The van der Waals surface area contributed by atoms with E-state index < -0.39 is 0 Å². The Morgan fingerprint density at radius 3 is 2.68 bits per heavy atom. The molecule has 3 fully saturated rings. The number of carbonyl (C=O) groups excluding carboxylic acids is 1. The molecule has 3 aliphatic rings. The van der Waals surface area contributed by atoms with E-state index in [9.17, 15) is 4.79 Å². The average molecular weight is 287 g/mol. The Labute approximate surface area is 122 Å². The van der Waals surface area contributed by atoms with Gasteiger partial charge in [-0.05, 0) is 50.9 Å². The van der Waals surface area contributed by atoms with Crippen molar-refractivity contribution in [1.82, 2.24) is 10.2 Å². The molecule has 3 nitrogen and oxygen atoms in total. The molecule has 1 N–H and O–H groups in total. The Hall–Kier alpha value is -0.280. The van der Waals surface area contributed by atoms with E-state index in [4.69, 9.17) is 0 Å². The Balaban J connectivity index is 0.00000133. The number of rotatable bonds is 2. The zero-order valence-corrected chi connectivity index (χ0v) is 12.9. The molecule has 110 valence electrons. The molecule has 0 aromatic rings. The zero-order chi connectivity index (χ0) is 12.7. The number of hydrogen-bond acceptors (Lipinski definition) is 2. The first-order chi connectivity index (χ1) is 8.63. The maximum Gasteiger partial charge on any atom is 0.223 e. The minimum atomic E-state index is 0. The number of amides is 1. The topological polar surface area (TPSA) is 32.3 Å². The lowest BCUT2D eigenvalue weighted by Crippen LogP contribution is -2.56. The molecule has 2 bridgehead atoms. The van der Waals surface area contributed by atoms with E-state index in [1.807, 2.05) is 0 Å². The standard InChI is InChI=1S/C15H26N2O.ClH/c1-10-9-17(11(2)8-16-10)15(18)7-14-6-12-3-4-13(14)5-12;/h10-14,16H,3-9H2,1-2H3;1H. The minimum Gasteiger partial charge on any atom is -0.337 e. The van der Waals surface area contributed by atoms with E-state index in [1.165, 1.54) is 25.7 Å². The number of carbonyl (C=O) groups is 1. The summed E-state index contributed by atoms with van der Waals surface area (Å²) in [5, 5.41) is 3.44. The molecule has 0 spiro atoms. The van der Waals surface area contributed by atoms with Crippen LogP contribution in [0.4, 0.5) is 0 Å². The zero-order valence-electron chi connectivity index (χ0n) is 12.1. The summed E-state index contributed by atoms with van der Waals surface area (Å²) in [5.74, 6) is 2.93. The maximum atomic E-state index is 12.5. The third kappa shape index (κ3) is 3.08. The lowest BCUT2D eigenvalue weighted by molar-refractivity contribution is -0.136. The third-order valence-electron chi connectivity index (χ3n) is 5.41. The van der Waals surface area contributed by atoms with E-state index in [-0.39, 0.29) is 12.4 Å². The van der Waals surface area contributed by atoms with Crippen molar-refractivity contribution >= 4 is 18.3 Å². The van der Waals surface area contributed by atoms with Gasteiger partial charge >= 0.3 is 0 Å². The van der Waals surface area contributed by atoms with Gasteiger partial charge in [-0.15, -0.1) is 12.4 Å². The van der Waals surface area contributed by atoms with Crippen LogP contribution in [0.15, 0.2) is 0 Å². The van der Waals surface area contributed by atoms with Gasteiger partial charge in [0.2, 0.25) is 5.91 Å². The molecule has 1 aliphatic heterocycles. The van der Waals surface area contributed by atoms with E-state index in [0.717, 1.165) is 31.3 Å². The van der Waals surface area contributed by atoms with Gasteiger partial charge in [-0.3, -0.25) is 4.79 Å². The summed E-state index contributed by atoms with van der Waals surface area (Å²) < 4.78 is 0. The van der Waals surface area contributed by atoms with Crippen LogP contribution in [0.25, 0.3) is 0 Å². The van der Waals surface area contributed by atoms with Gasteiger partial charge < -0.3 is 10.2 Å². The fourth-order valence-electron chi connectivity index (χ4n) is 4.34. The summed E-state index contributed by atoms with van der Waals surface area (Å²) >= 11 is 0. The predicted molar refractivity (Wildman–Crippen MR) is 79.4 cm³/mol. The number of nitrogens with one attached hydrogen (secondary N) is 1. The fraction of sp³-hybridized carbons (Fsp3) is 0.933. The molecule has 1 heterocycles. The summed E-state index contributed by atoms with van der Waals surface area (Å²) in [6, 6.07) is 0.817. The van der Waals surface area contributed by atoms with Gasteiger partial charge in [-0.2, -0.15) is 0 Å². The lowest BCUT2D eigenvalue weighted by atomic mass is 9.86. The summed E-state index contributed by atoms with van der Waals surface area (Å²) in [5.41, 5.74) is 0. The first-order valence-electron chi connectivity index (χ1n) is 7.66. The molecule has 0 aromatic heterocycles. The third-order valence-corrected chi connectivity index (χ3v) is 5.41. The van der Waals surface area contributed by atoms with Crippen LogP contribution >= 0.6 is 12.4 Å². The highest BCUT2D eigenvalue weighted by Crippen LogP contribution is 2.49. The molecule has 0 radical (unpaired) electrons. The van der Waals surface area contributed by atoms with Gasteiger partial charge in [0.25, 0.3) is 0 Å². The van der Waals surface area contributed by atoms with E-state index in [2.05, 4.69) is 24.1 Å². The molecule has 1 amide bonds. The van der Waals surface area contributed by atoms with Crippen molar-refractivity contribution < 1.29 is 4.79 Å². The molecule has 4 heteroatoms. The van der Waals surface area contributed by atoms with Crippen molar-refractivity contribution in [3.63, 3.8) is 0 Å². The predicted octanol–water partition coefficient (Wildman–Crippen LogP) is 2.44. The Morgan fingerprint density at radius 1 is 1.26 bits per heavy atom. The van der Waals surface area contributed by atoms with Crippen molar-refractivity contribution in [3.05, 3.63) is 0 Å². The molecular formula is C15H27ClN2O. The molecule has 5 atom stereocenters. The maximum absolute atomic E-state index is 12.5. The second-order valence-electron chi connectivity index (χ2n) is 6.84. The van der Waals surface area contributed by atoms with Gasteiger partial charge in [0.15, 0.2) is 0 Å². The van der Waals surface area contributed by atoms with Gasteiger partial charge in [0.05, 0.1) is 0 Å². The molecular weight excluding hydrogens is 260 g/mol. The van der Waals surface area contributed by atoms with E-state index >= 15 is 0 Å². The normalized spacial score (nSPS) is 41.2. The van der Waals surface area contributed by atoms with Crippen LogP contribution in [0.5, 0.6) is 0 Å². The van der Waals surface area contributed by atoms with Crippen LogP contribution in [0.2, 0.25) is 0 Å². The number of piperazine rings is 1. The number of fused-ring (bicyclic) bond motifs is 2. The van der Waals surface area contributed by atoms with Crippen molar-refractivity contribution in [1.29, 1.82) is 0 Å². The van der Waals surface area contributed by atoms with Gasteiger partial charge in [0.1, 0.15) is 0 Å². The molecule has 5 unspecified atom stereocenters. The van der Waals surface area contributed by atoms with Crippen LogP contribution in [0.1, 0.15) is 46.0 Å². The van der Waals surface area contributed by atoms with Crippen molar-refractivity contribution in [2.75, 3.05) is 13.1 Å². The van der Waals surface area contributed by atoms with Crippen molar-refractivity contribution in [2.45, 2.75) is 58.0 Å². The summed E-state index contributed by atoms with van der Waals surface area (Å²) in [6.45, 7) is 6.17. The van der Waals surface area contributed by atoms with Gasteiger partial charge in [-0.25, -0.2) is 0 Å². The quantitative estimate of drug-likeness (QED) is 0.846. The smallest absolute Gasteiger partial charge is 0.223 e. The van der Waals surface area contributed by atoms with Crippen LogP contribution in [-0.4, -0.2) is 36.0 Å². The highest BCUT2D eigenvalue weighted by atomic mass is 35.5. The first-order valence-corrected chi connectivity index (χ1v) is 7.66. The van der Waals surface area contributed by atoms with Crippen LogP contribution in [-0.2, 0) is 4.79 Å². The second-order valence-corrected chi connectivity index (χ2v) is 6.84. The monoisotopic (exact) mass is 286 g/mol.